The second-order valence-electron chi connectivity index (χ2n) is 6.43. The molecule has 4 rings (SSSR count). The lowest BCUT2D eigenvalue weighted by atomic mass is 10.2. The zero-order chi connectivity index (χ0) is 20.1. The van der Waals surface area contributed by atoms with E-state index in [1.165, 1.54) is 0 Å². The summed E-state index contributed by atoms with van der Waals surface area (Å²) < 4.78 is 16.8. The normalized spacial score (nSPS) is 10.5. The Kier molecular flexibility index (Phi) is 5.30. The Morgan fingerprint density at radius 2 is 1.79 bits per heavy atom. The molecule has 0 saturated heterocycles. The van der Waals surface area contributed by atoms with Crippen molar-refractivity contribution in [2.24, 2.45) is 0 Å². The standard InChI is InChI=1S/C23H19N3O3/c1-27-19-11-9-17(10-12-19)15-26(16-20-8-5-13-28-20)23-21(14-24)25-22(29-23)18-6-3-2-4-7-18/h2-13H,15-16H2,1H3. The van der Waals surface area contributed by atoms with Gasteiger partial charge >= 0.3 is 0 Å². The zero-order valence-corrected chi connectivity index (χ0v) is 15.9. The summed E-state index contributed by atoms with van der Waals surface area (Å²) in [5.41, 5.74) is 2.10. The van der Waals surface area contributed by atoms with Gasteiger partial charge in [0.15, 0.2) is 0 Å². The quantitative estimate of drug-likeness (QED) is 0.444. The highest BCUT2D eigenvalue weighted by Gasteiger charge is 2.22. The number of anilines is 1. The Morgan fingerprint density at radius 1 is 1.00 bits per heavy atom. The van der Waals surface area contributed by atoms with Gasteiger partial charge in [0, 0.05) is 12.1 Å². The zero-order valence-electron chi connectivity index (χ0n) is 15.9. The molecule has 6 heteroatoms. The van der Waals surface area contributed by atoms with Crippen LogP contribution in [0.15, 0.2) is 81.8 Å². The number of furan rings is 1. The molecule has 0 aliphatic heterocycles. The molecule has 0 amide bonds. The van der Waals surface area contributed by atoms with E-state index in [1.807, 2.05) is 71.6 Å². The average molecular weight is 385 g/mol. The van der Waals surface area contributed by atoms with Crippen LogP contribution in [0.3, 0.4) is 0 Å². The van der Waals surface area contributed by atoms with Crippen LogP contribution < -0.4 is 9.64 Å². The van der Waals surface area contributed by atoms with Crippen molar-refractivity contribution in [2.45, 2.75) is 13.1 Å². The van der Waals surface area contributed by atoms with Crippen LogP contribution in [0.25, 0.3) is 11.5 Å². The van der Waals surface area contributed by atoms with E-state index in [2.05, 4.69) is 11.1 Å². The van der Waals surface area contributed by atoms with Gasteiger partial charge in [0.1, 0.15) is 17.6 Å². The van der Waals surface area contributed by atoms with Gasteiger partial charge in [-0.2, -0.15) is 10.2 Å². The van der Waals surface area contributed by atoms with Crippen LogP contribution >= 0.6 is 0 Å². The molecule has 4 aromatic rings. The number of benzene rings is 2. The van der Waals surface area contributed by atoms with E-state index in [9.17, 15) is 5.26 Å². The number of nitriles is 1. The average Bonchev–Trinajstić information content (AvgIpc) is 3.44. The lowest BCUT2D eigenvalue weighted by Gasteiger charge is -2.21. The van der Waals surface area contributed by atoms with Gasteiger partial charge in [0.05, 0.1) is 19.9 Å². The van der Waals surface area contributed by atoms with Crippen molar-refractivity contribution in [2.75, 3.05) is 12.0 Å². The van der Waals surface area contributed by atoms with Crippen LogP contribution in [-0.2, 0) is 13.1 Å². The van der Waals surface area contributed by atoms with Crippen molar-refractivity contribution in [1.82, 2.24) is 4.98 Å². The van der Waals surface area contributed by atoms with Gasteiger partial charge in [0.25, 0.3) is 0 Å². The Balaban J connectivity index is 1.70. The molecule has 6 nitrogen and oxygen atoms in total. The Bertz CT molecular complexity index is 1090. The minimum absolute atomic E-state index is 0.240. The minimum Gasteiger partial charge on any atom is -0.497 e. The first-order chi connectivity index (χ1) is 14.3. The van der Waals surface area contributed by atoms with E-state index in [0.29, 0.717) is 24.9 Å². The molecule has 0 saturated carbocycles. The topological polar surface area (TPSA) is 75.4 Å². The molecular weight excluding hydrogens is 366 g/mol. The van der Waals surface area contributed by atoms with E-state index in [4.69, 9.17) is 13.6 Å². The molecule has 144 valence electrons. The van der Waals surface area contributed by atoms with E-state index in [-0.39, 0.29) is 5.69 Å². The first kappa shape index (κ1) is 18.4. The second-order valence-corrected chi connectivity index (χ2v) is 6.43. The SMILES string of the molecule is COc1ccc(CN(Cc2ccco2)c2oc(-c3ccccc3)nc2C#N)cc1. The van der Waals surface area contributed by atoms with Gasteiger partial charge in [-0.3, -0.25) is 0 Å². The first-order valence-electron chi connectivity index (χ1n) is 9.13. The van der Waals surface area contributed by atoms with Crippen molar-refractivity contribution in [3.05, 3.63) is 90.0 Å². The van der Waals surface area contributed by atoms with E-state index >= 15 is 0 Å². The number of oxazole rings is 1. The van der Waals surface area contributed by atoms with Gasteiger partial charge in [0.2, 0.25) is 17.5 Å². The van der Waals surface area contributed by atoms with Crippen molar-refractivity contribution in [1.29, 1.82) is 5.26 Å². The highest BCUT2D eigenvalue weighted by atomic mass is 16.5. The number of hydrogen-bond acceptors (Lipinski definition) is 6. The third kappa shape index (κ3) is 4.14. The summed E-state index contributed by atoms with van der Waals surface area (Å²) in [5.74, 6) is 2.38. The number of aromatic nitrogens is 1. The molecule has 2 aromatic heterocycles. The molecule has 29 heavy (non-hydrogen) atoms. The smallest absolute Gasteiger partial charge is 0.235 e. The van der Waals surface area contributed by atoms with E-state index < -0.39 is 0 Å². The van der Waals surface area contributed by atoms with Crippen molar-refractivity contribution < 1.29 is 13.6 Å². The fraction of sp³-hybridized carbons (Fsp3) is 0.130. The molecular formula is C23H19N3O3. The largest absolute Gasteiger partial charge is 0.497 e. The fourth-order valence-corrected chi connectivity index (χ4v) is 3.04. The lowest BCUT2D eigenvalue weighted by molar-refractivity contribution is 0.414. The molecule has 0 N–H and O–H groups in total. The Hall–Kier alpha value is -3.98. The summed E-state index contributed by atoms with van der Waals surface area (Å²) in [6.07, 6.45) is 1.63. The van der Waals surface area contributed by atoms with Gasteiger partial charge in [-0.1, -0.05) is 30.3 Å². The van der Waals surface area contributed by atoms with Gasteiger partial charge < -0.3 is 18.5 Å². The van der Waals surface area contributed by atoms with Crippen LogP contribution in [-0.4, -0.2) is 12.1 Å². The lowest BCUT2D eigenvalue weighted by Crippen LogP contribution is -2.22. The minimum atomic E-state index is 0.240. The third-order valence-electron chi connectivity index (χ3n) is 4.48. The van der Waals surface area contributed by atoms with Crippen molar-refractivity contribution >= 4 is 5.88 Å². The van der Waals surface area contributed by atoms with Crippen molar-refractivity contribution in [3.63, 3.8) is 0 Å². The van der Waals surface area contributed by atoms with Gasteiger partial charge in [-0.15, -0.1) is 0 Å². The van der Waals surface area contributed by atoms with Crippen LogP contribution in [0.1, 0.15) is 17.0 Å². The maximum Gasteiger partial charge on any atom is 0.235 e. The Morgan fingerprint density at radius 3 is 2.45 bits per heavy atom. The predicted molar refractivity (Wildman–Crippen MR) is 108 cm³/mol. The van der Waals surface area contributed by atoms with Crippen LogP contribution in [0.5, 0.6) is 5.75 Å². The molecule has 0 aliphatic rings. The molecule has 0 bridgehead atoms. The molecule has 0 unspecified atom stereocenters. The number of ether oxygens (including phenoxy) is 1. The maximum absolute atomic E-state index is 9.65. The number of rotatable bonds is 7. The summed E-state index contributed by atoms with van der Waals surface area (Å²) in [7, 11) is 1.64. The molecule has 0 atom stereocenters. The molecule has 0 spiro atoms. The molecule has 2 aromatic carbocycles. The second kappa shape index (κ2) is 8.36. The van der Waals surface area contributed by atoms with Crippen molar-refractivity contribution in [3.8, 4) is 23.3 Å². The highest BCUT2D eigenvalue weighted by Crippen LogP contribution is 2.30. The number of hydrogen-bond donors (Lipinski definition) is 0. The third-order valence-corrected chi connectivity index (χ3v) is 4.48. The fourth-order valence-electron chi connectivity index (χ4n) is 3.04. The van der Waals surface area contributed by atoms with Crippen LogP contribution in [0, 0.1) is 11.3 Å². The molecule has 2 heterocycles. The summed E-state index contributed by atoms with van der Waals surface area (Å²) in [6, 6.07) is 23.2. The number of methoxy groups -OCH3 is 1. The number of nitrogens with zero attached hydrogens (tertiary/aromatic N) is 3. The highest BCUT2D eigenvalue weighted by molar-refractivity contribution is 5.59. The molecule has 0 aliphatic carbocycles. The van der Waals surface area contributed by atoms with E-state index in [0.717, 1.165) is 22.6 Å². The Labute approximate surface area is 168 Å². The first-order valence-corrected chi connectivity index (χ1v) is 9.13. The summed E-state index contributed by atoms with van der Waals surface area (Å²) in [5, 5.41) is 9.65. The van der Waals surface area contributed by atoms with Gasteiger partial charge in [-0.05, 0) is 42.0 Å². The monoisotopic (exact) mass is 385 g/mol. The molecule has 0 fully saturated rings. The van der Waals surface area contributed by atoms with Crippen LogP contribution in [0.2, 0.25) is 0 Å². The summed E-state index contributed by atoms with van der Waals surface area (Å²) >= 11 is 0. The molecule has 0 radical (unpaired) electrons. The van der Waals surface area contributed by atoms with Gasteiger partial charge in [-0.25, -0.2) is 0 Å². The predicted octanol–water partition coefficient (Wildman–Crippen LogP) is 5.02. The summed E-state index contributed by atoms with van der Waals surface area (Å²) in [6.45, 7) is 0.958. The van der Waals surface area contributed by atoms with E-state index in [1.54, 1.807) is 13.4 Å². The van der Waals surface area contributed by atoms with Crippen LogP contribution in [0.4, 0.5) is 5.88 Å². The summed E-state index contributed by atoms with van der Waals surface area (Å²) in [4.78, 5) is 6.34. The maximum atomic E-state index is 9.65.